The molecule has 0 bridgehead atoms. The van der Waals surface area contributed by atoms with Gasteiger partial charge in [-0.25, -0.2) is 0 Å². The monoisotopic (exact) mass is 753 g/mol. The molecule has 1 fully saturated rings. The first-order chi connectivity index (χ1) is 21.9. The first-order valence-electron chi connectivity index (χ1n) is 16.3. The minimum absolute atomic E-state index is 0.00752. The molecular formula is C36H37N5OPt-2. The van der Waals surface area contributed by atoms with Gasteiger partial charge in [-0.3, -0.25) is 0 Å². The van der Waals surface area contributed by atoms with Gasteiger partial charge in [0.1, 0.15) is 0 Å². The Morgan fingerprint density at radius 3 is 2.60 bits per heavy atom. The number of likely N-dealkylation sites (N-methyl/N-ethyl adjacent to an activating group) is 1. The molecule has 0 aliphatic carbocycles. The molecule has 2 aliphatic rings. The van der Waals surface area contributed by atoms with Gasteiger partial charge in [0, 0.05) is 6.20 Å². The van der Waals surface area contributed by atoms with Crippen molar-refractivity contribution in [1.82, 2.24) is 19.0 Å². The second-order valence-corrected chi connectivity index (χ2v) is 13.7. The normalized spacial score (nSPS) is 20.2. The number of likely N-dealkylation sites (tertiary alicyclic amines) is 1. The minimum atomic E-state index is -2.33. The van der Waals surface area contributed by atoms with Gasteiger partial charge in [-0.05, 0) is 37.1 Å². The van der Waals surface area contributed by atoms with E-state index in [-0.39, 0.29) is 5.41 Å². The summed E-state index contributed by atoms with van der Waals surface area (Å²) in [6, 6.07) is 28.7. The van der Waals surface area contributed by atoms with Crippen molar-refractivity contribution in [2.45, 2.75) is 38.5 Å². The van der Waals surface area contributed by atoms with Crippen molar-refractivity contribution >= 4 is 22.5 Å². The SMILES string of the molecule is [2H]C([2H])([2H])n1[c](=[Pt])n(-c2[c-]c(Oc3[c-]c4c(cc3)C3CN(C)CCC3CN4c3cc(C(C)(C)C)ccn3)ccc2)c2ccccc21. The van der Waals surface area contributed by atoms with Gasteiger partial charge in [-0.15, -0.1) is 0 Å². The summed E-state index contributed by atoms with van der Waals surface area (Å²) in [5, 5.41) is 0. The summed E-state index contributed by atoms with van der Waals surface area (Å²) in [4.78, 5) is 9.59. The number of aromatic nitrogens is 3. The van der Waals surface area contributed by atoms with Gasteiger partial charge in [-0.1, -0.05) is 20.8 Å². The molecule has 5 aromatic rings. The molecule has 0 spiro atoms. The fourth-order valence-electron chi connectivity index (χ4n) is 6.45. The third kappa shape index (κ3) is 5.19. The van der Waals surface area contributed by atoms with Crippen LogP contribution in [-0.2, 0) is 31.7 Å². The number of pyridine rings is 1. The van der Waals surface area contributed by atoms with Crippen LogP contribution in [0.4, 0.5) is 11.5 Å². The van der Waals surface area contributed by atoms with Crippen molar-refractivity contribution < 1.29 is 28.2 Å². The Labute approximate surface area is 269 Å². The molecule has 0 saturated carbocycles. The van der Waals surface area contributed by atoms with Crippen LogP contribution in [-0.4, -0.2) is 45.7 Å². The maximum atomic E-state index is 8.16. The number of imidazole rings is 1. The average molecular weight is 754 g/mol. The molecule has 43 heavy (non-hydrogen) atoms. The molecule has 6 nitrogen and oxygen atoms in total. The zero-order valence-corrected chi connectivity index (χ0v) is 27.1. The predicted octanol–water partition coefficient (Wildman–Crippen LogP) is 7.32. The molecule has 224 valence electrons. The van der Waals surface area contributed by atoms with Gasteiger partial charge >= 0.3 is 201 Å². The second kappa shape index (κ2) is 10.9. The first kappa shape index (κ1) is 24.9. The predicted molar refractivity (Wildman–Crippen MR) is 168 cm³/mol. The molecule has 0 amide bonds. The van der Waals surface area contributed by atoms with E-state index in [4.69, 9.17) is 13.8 Å². The number of ether oxygens (including phenoxy) is 1. The summed E-state index contributed by atoms with van der Waals surface area (Å²) in [7, 11) is 2.20. The molecule has 2 aromatic heterocycles. The van der Waals surface area contributed by atoms with Gasteiger partial charge in [0.2, 0.25) is 0 Å². The van der Waals surface area contributed by atoms with Crippen molar-refractivity contribution in [3.05, 3.63) is 100.0 Å². The summed E-state index contributed by atoms with van der Waals surface area (Å²) in [6.07, 6.45) is 3.06. The molecule has 2 atom stereocenters. The maximum absolute atomic E-state index is 8.16. The molecule has 7 heteroatoms. The van der Waals surface area contributed by atoms with Crippen LogP contribution < -0.4 is 9.64 Å². The van der Waals surface area contributed by atoms with Crippen molar-refractivity contribution in [2.75, 3.05) is 31.6 Å². The molecule has 3 aromatic carbocycles. The van der Waals surface area contributed by atoms with Gasteiger partial charge in [0.15, 0.2) is 0 Å². The molecule has 0 N–H and O–H groups in total. The number of para-hydroxylation sites is 2. The summed E-state index contributed by atoms with van der Waals surface area (Å²) < 4.78 is 34.8. The van der Waals surface area contributed by atoms with Crippen LogP contribution in [0.5, 0.6) is 11.5 Å². The first-order valence-corrected chi connectivity index (χ1v) is 15.9. The quantitative estimate of drug-likeness (QED) is 0.181. The van der Waals surface area contributed by atoms with Gasteiger partial charge in [0.05, 0.1) is 0 Å². The van der Waals surface area contributed by atoms with E-state index in [0.29, 0.717) is 38.3 Å². The molecule has 2 unspecified atom stereocenters. The van der Waals surface area contributed by atoms with Crippen LogP contribution in [0.3, 0.4) is 0 Å². The van der Waals surface area contributed by atoms with E-state index in [9.17, 15) is 0 Å². The third-order valence-corrected chi connectivity index (χ3v) is 9.80. The molecule has 1 saturated heterocycles. The number of fused-ring (bicyclic) bond motifs is 4. The van der Waals surface area contributed by atoms with Crippen molar-refractivity contribution in [3.8, 4) is 17.2 Å². The van der Waals surface area contributed by atoms with Crippen LogP contribution in [0.1, 0.15) is 48.3 Å². The van der Waals surface area contributed by atoms with E-state index < -0.39 is 6.98 Å². The zero-order chi connectivity index (χ0) is 32.4. The Kier molecular flexibility index (Phi) is 6.32. The van der Waals surface area contributed by atoms with Gasteiger partial charge in [-0.2, -0.15) is 0 Å². The Balaban J connectivity index is 1.28. The number of rotatable bonds is 4. The Hall–Kier alpha value is -3.47. The van der Waals surface area contributed by atoms with E-state index >= 15 is 0 Å². The molecular weight excluding hydrogens is 714 g/mol. The fraction of sp³-hybridized carbons (Fsp3) is 0.333. The molecule has 2 aliphatic heterocycles. The number of nitrogens with zero attached hydrogens (tertiary/aromatic N) is 5. The average Bonchev–Trinajstić information content (AvgIpc) is 3.32. The van der Waals surface area contributed by atoms with E-state index in [1.54, 1.807) is 0 Å². The number of benzene rings is 3. The fourth-order valence-corrected chi connectivity index (χ4v) is 7.27. The molecule has 7 rings (SSSR count). The van der Waals surface area contributed by atoms with Crippen LogP contribution in [0.25, 0.3) is 16.7 Å². The van der Waals surface area contributed by atoms with Crippen LogP contribution in [0, 0.1) is 21.9 Å². The topological polar surface area (TPSA) is 38.5 Å². The number of anilines is 2. The number of hydrogen-bond acceptors (Lipinski definition) is 4. The van der Waals surface area contributed by atoms with Crippen molar-refractivity contribution in [3.63, 3.8) is 0 Å². The number of aryl methyl sites for hydroxylation is 1. The summed E-state index contributed by atoms with van der Waals surface area (Å²) in [5.41, 5.74) is 5.64. The number of piperidine rings is 1. The third-order valence-electron chi connectivity index (χ3n) is 8.78. The van der Waals surface area contributed by atoms with E-state index in [1.807, 2.05) is 59.3 Å². The Bertz CT molecular complexity index is 1990. The van der Waals surface area contributed by atoms with Crippen LogP contribution in [0.15, 0.2) is 72.9 Å². The van der Waals surface area contributed by atoms with E-state index in [0.717, 1.165) is 43.1 Å². The van der Waals surface area contributed by atoms with Gasteiger partial charge < -0.3 is 4.90 Å². The standard InChI is InChI=1S/C36H37N5O.Pt/c1-36(2,3)26-15-17-37-35(19-26)40-22-25-16-18-38(4)23-31(25)30-14-13-29(21-34(30)40)42-28-10-8-9-27(20-28)41-24-39(5)32-11-6-7-12-33(32)41;/h6-15,17,19,25,31H,16,18,22-23H2,1-5H3;/q-2;/i5D3;. The van der Waals surface area contributed by atoms with Gasteiger partial charge in [0.25, 0.3) is 0 Å². The van der Waals surface area contributed by atoms with E-state index in [1.165, 1.54) is 15.7 Å². The number of hydrogen-bond donors (Lipinski definition) is 0. The Morgan fingerprint density at radius 2 is 1.79 bits per heavy atom. The van der Waals surface area contributed by atoms with E-state index in [2.05, 4.69) is 87.3 Å². The Morgan fingerprint density at radius 1 is 0.977 bits per heavy atom. The van der Waals surface area contributed by atoms with Crippen LogP contribution in [0.2, 0.25) is 0 Å². The van der Waals surface area contributed by atoms with Crippen LogP contribution >= 0.6 is 0 Å². The summed E-state index contributed by atoms with van der Waals surface area (Å²) in [6.45, 7) is 7.36. The van der Waals surface area contributed by atoms with Crippen molar-refractivity contribution in [1.29, 1.82) is 0 Å². The zero-order valence-electron chi connectivity index (χ0n) is 27.9. The summed E-state index contributed by atoms with van der Waals surface area (Å²) in [5.74, 6) is 3.00. The second-order valence-electron chi connectivity index (χ2n) is 12.7. The summed E-state index contributed by atoms with van der Waals surface area (Å²) >= 11 is 2.08. The molecule has 4 heterocycles. The molecule has 0 radical (unpaired) electrons. The van der Waals surface area contributed by atoms with Crippen molar-refractivity contribution in [2.24, 2.45) is 12.9 Å².